The molecule has 1 aromatic carbocycles. The zero-order chi connectivity index (χ0) is 15.6. The lowest BCUT2D eigenvalue weighted by Gasteiger charge is -2.07. The van der Waals surface area contributed by atoms with Crippen molar-refractivity contribution < 1.29 is 17.9 Å². The van der Waals surface area contributed by atoms with E-state index in [-0.39, 0.29) is 20.7 Å². The molecule has 5 nitrogen and oxygen atoms in total. The van der Waals surface area contributed by atoms with Gasteiger partial charge in [0.25, 0.3) is 10.0 Å². The predicted octanol–water partition coefficient (Wildman–Crippen LogP) is 2.65. The number of ketones is 1. The minimum absolute atomic E-state index is 0.0262. The summed E-state index contributed by atoms with van der Waals surface area (Å²) in [5, 5.41) is -0.232. The Hall–Kier alpha value is -1.63. The van der Waals surface area contributed by atoms with Crippen LogP contribution >= 0.6 is 23.2 Å². The molecule has 1 aromatic rings. The first-order chi connectivity index (χ1) is 9.83. The van der Waals surface area contributed by atoms with Crippen LogP contribution < -0.4 is 4.74 Å². The van der Waals surface area contributed by atoms with Gasteiger partial charge in [0, 0.05) is 6.08 Å². The van der Waals surface area contributed by atoms with Crippen molar-refractivity contribution in [2.45, 2.75) is 4.90 Å². The minimum atomic E-state index is -3.97. The predicted molar refractivity (Wildman–Crippen MR) is 80.5 cm³/mol. The molecule has 0 amide bonds. The van der Waals surface area contributed by atoms with Crippen LogP contribution in [0.2, 0.25) is 0 Å². The Morgan fingerprint density at radius 2 is 1.67 bits per heavy atom. The van der Waals surface area contributed by atoms with Crippen LogP contribution in [-0.2, 0) is 14.8 Å². The first kappa shape index (κ1) is 15.8. The lowest BCUT2D eigenvalue weighted by atomic mass is 10.1. The summed E-state index contributed by atoms with van der Waals surface area (Å²) in [5.74, 6) is 0.0215. The average molecular weight is 346 g/mol. The lowest BCUT2D eigenvalue weighted by Crippen LogP contribution is -2.10. The van der Waals surface area contributed by atoms with Gasteiger partial charge in [-0.15, -0.1) is 0 Å². The number of hydrogen-bond donors (Lipinski definition) is 0. The summed E-state index contributed by atoms with van der Waals surface area (Å²) in [5.41, 5.74) is -0.0860. The molecule has 1 aliphatic carbocycles. The van der Waals surface area contributed by atoms with E-state index in [0.29, 0.717) is 5.75 Å². The van der Waals surface area contributed by atoms with Crippen LogP contribution in [-0.4, -0.2) is 27.0 Å². The van der Waals surface area contributed by atoms with E-state index in [0.717, 1.165) is 12.2 Å². The molecule has 0 spiro atoms. The van der Waals surface area contributed by atoms with Crippen LogP contribution in [0.5, 0.6) is 5.75 Å². The molecule has 0 radical (unpaired) electrons. The number of methoxy groups -OCH3 is 1. The summed E-state index contributed by atoms with van der Waals surface area (Å²) < 4.78 is 32.9. The molecular weight excluding hydrogens is 337 g/mol. The van der Waals surface area contributed by atoms with Crippen molar-refractivity contribution in [3.8, 4) is 5.75 Å². The van der Waals surface area contributed by atoms with E-state index in [9.17, 15) is 13.2 Å². The smallest absolute Gasteiger partial charge is 0.282 e. The van der Waals surface area contributed by atoms with Crippen LogP contribution in [0.3, 0.4) is 0 Å². The number of hydrogen-bond acceptors (Lipinski definition) is 4. The zero-order valence-corrected chi connectivity index (χ0v) is 13.0. The number of allylic oxidation sites excluding steroid dienone is 4. The third kappa shape index (κ3) is 3.53. The van der Waals surface area contributed by atoms with Gasteiger partial charge < -0.3 is 4.74 Å². The summed E-state index contributed by atoms with van der Waals surface area (Å²) in [6, 6.07) is 5.71. The van der Waals surface area contributed by atoms with Crippen molar-refractivity contribution in [1.29, 1.82) is 0 Å². The highest BCUT2D eigenvalue weighted by Crippen LogP contribution is 2.22. The van der Waals surface area contributed by atoms with E-state index in [1.54, 1.807) is 0 Å². The number of benzene rings is 1. The Kier molecular flexibility index (Phi) is 4.51. The molecule has 0 atom stereocenters. The third-order valence-corrected chi connectivity index (χ3v) is 4.48. The SMILES string of the molecule is COc1ccc(S(=O)(=O)/N=C2\C=C(Cl)C(=O)C=C2Cl)cc1. The van der Waals surface area contributed by atoms with Gasteiger partial charge >= 0.3 is 0 Å². The molecule has 110 valence electrons. The van der Waals surface area contributed by atoms with E-state index in [2.05, 4.69) is 4.40 Å². The quantitative estimate of drug-likeness (QED) is 0.789. The summed E-state index contributed by atoms with van der Waals surface area (Å²) >= 11 is 11.5. The number of carbonyl (C=O) groups excluding carboxylic acids is 1. The molecule has 8 heteroatoms. The van der Waals surface area contributed by atoms with Gasteiger partial charge in [-0.1, -0.05) is 23.2 Å². The standard InChI is InChI=1S/C13H9Cl2NO4S/c1-20-8-2-4-9(5-3-8)21(18,19)16-12-6-11(15)13(17)7-10(12)14/h2-7H,1H3/b16-12+. The number of rotatable bonds is 3. The molecule has 0 heterocycles. The van der Waals surface area contributed by atoms with Crippen LogP contribution in [0.1, 0.15) is 0 Å². The van der Waals surface area contributed by atoms with Crippen LogP contribution in [0.4, 0.5) is 0 Å². The first-order valence-electron chi connectivity index (χ1n) is 5.61. The number of halogens is 2. The summed E-state index contributed by atoms with van der Waals surface area (Å²) in [6.45, 7) is 0. The zero-order valence-electron chi connectivity index (χ0n) is 10.7. The molecule has 0 saturated heterocycles. The van der Waals surface area contributed by atoms with Crippen LogP contribution in [0.15, 0.2) is 55.8 Å². The van der Waals surface area contributed by atoms with Crippen molar-refractivity contribution in [2.24, 2.45) is 4.40 Å². The minimum Gasteiger partial charge on any atom is -0.497 e. The van der Waals surface area contributed by atoms with E-state index in [1.165, 1.54) is 31.4 Å². The van der Waals surface area contributed by atoms with E-state index in [4.69, 9.17) is 27.9 Å². The fourth-order valence-electron chi connectivity index (χ4n) is 1.52. The second-order valence-electron chi connectivity index (χ2n) is 3.98. The Morgan fingerprint density at radius 1 is 1.05 bits per heavy atom. The molecule has 0 aromatic heterocycles. The Morgan fingerprint density at radius 3 is 2.24 bits per heavy atom. The number of nitrogens with zero attached hydrogens (tertiary/aromatic N) is 1. The Labute approximate surface area is 131 Å². The highest BCUT2D eigenvalue weighted by atomic mass is 35.5. The molecule has 2 rings (SSSR count). The molecule has 0 unspecified atom stereocenters. The highest BCUT2D eigenvalue weighted by Gasteiger charge is 2.20. The summed E-state index contributed by atoms with van der Waals surface area (Å²) in [4.78, 5) is 11.3. The normalized spacial score (nSPS) is 17.5. The molecule has 21 heavy (non-hydrogen) atoms. The lowest BCUT2D eigenvalue weighted by molar-refractivity contribution is -0.110. The summed E-state index contributed by atoms with van der Waals surface area (Å²) in [7, 11) is -2.49. The van der Waals surface area contributed by atoms with E-state index >= 15 is 0 Å². The maximum absolute atomic E-state index is 12.2. The van der Waals surface area contributed by atoms with E-state index < -0.39 is 15.8 Å². The van der Waals surface area contributed by atoms with Crippen molar-refractivity contribution in [3.63, 3.8) is 0 Å². The van der Waals surface area contributed by atoms with Gasteiger partial charge in [0.2, 0.25) is 0 Å². The van der Waals surface area contributed by atoms with Crippen molar-refractivity contribution in [3.05, 3.63) is 46.5 Å². The second kappa shape index (κ2) is 6.01. The number of carbonyl (C=O) groups is 1. The fraction of sp³-hybridized carbons (Fsp3) is 0.0769. The first-order valence-corrected chi connectivity index (χ1v) is 7.81. The van der Waals surface area contributed by atoms with Gasteiger partial charge in [-0.3, -0.25) is 4.79 Å². The van der Waals surface area contributed by atoms with Gasteiger partial charge in [0.05, 0.1) is 27.8 Å². The third-order valence-electron chi connectivity index (χ3n) is 2.58. The topological polar surface area (TPSA) is 72.8 Å². The van der Waals surface area contributed by atoms with Crippen molar-refractivity contribution >= 4 is 44.7 Å². The van der Waals surface area contributed by atoms with E-state index in [1.807, 2.05) is 0 Å². The molecule has 0 fully saturated rings. The largest absolute Gasteiger partial charge is 0.497 e. The van der Waals surface area contributed by atoms with Gasteiger partial charge in [-0.05, 0) is 30.3 Å². The molecular formula is C13H9Cl2NO4S. The Bertz CT molecular complexity index is 777. The number of sulfonamides is 1. The highest BCUT2D eigenvalue weighted by molar-refractivity contribution is 7.90. The van der Waals surface area contributed by atoms with Crippen molar-refractivity contribution in [2.75, 3.05) is 7.11 Å². The molecule has 0 saturated carbocycles. The maximum atomic E-state index is 12.2. The molecule has 0 aliphatic heterocycles. The van der Waals surface area contributed by atoms with Crippen LogP contribution in [0.25, 0.3) is 0 Å². The average Bonchev–Trinajstić information content (AvgIpc) is 2.44. The van der Waals surface area contributed by atoms with Gasteiger partial charge in [-0.25, -0.2) is 0 Å². The summed E-state index contributed by atoms with van der Waals surface area (Å²) in [6.07, 6.45) is 2.14. The second-order valence-corrected chi connectivity index (χ2v) is 6.39. The van der Waals surface area contributed by atoms with Crippen LogP contribution in [0, 0.1) is 0 Å². The molecule has 0 N–H and O–H groups in total. The fourth-order valence-corrected chi connectivity index (χ4v) is 2.92. The maximum Gasteiger partial charge on any atom is 0.282 e. The molecule has 1 aliphatic rings. The van der Waals surface area contributed by atoms with Gasteiger partial charge in [0.1, 0.15) is 5.75 Å². The van der Waals surface area contributed by atoms with Gasteiger partial charge in [-0.2, -0.15) is 12.8 Å². The number of ether oxygens (including phenoxy) is 1. The molecule has 0 bridgehead atoms. The van der Waals surface area contributed by atoms with Gasteiger partial charge in [0.15, 0.2) is 5.78 Å². The monoisotopic (exact) mass is 345 g/mol. The van der Waals surface area contributed by atoms with Crippen molar-refractivity contribution in [1.82, 2.24) is 0 Å². The Balaban J connectivity index is 2.42.